The predicted molar refractivity (Wildman–Crippen MR) is 71.2 cm³/mol. The maximum absolute atomic E-state index is 12.8. The van der Waals surface area contributed by atoms with Crippen LogP contribution in [-0.4, -0.2) is 17.0 Å². The quantitative estimate of drug-likeness (QED) is 0.484. The molecule has 0 saturated heterocycles. The largest absolute Gasteiger partial charge is 0.324 e. The zero-order valence-corrected chi connectivity index (χ0v) is 11.0. The molecule has 0 aliphatic rings. The van der Waals surface area contributed by atoms with Crippen molar-refractivity contribution in [2.75, 3.05) is 7.11 Å². The van der Waals surface area contributed by atoms with Crippen LogP contribution in [0.4, 0.5) is 5.69 Å². The van der Waals surface area contributed by atoms with E-state index in [9.17, 15) is 14.7 Å². The van der Waals surface area contributed by atoms with Crippen LogP contribution in [0.2, 0.25) is 0 Å². The van der Waals surface area contributed by atoms with E-state index in [0.717, 1.165) is 6.20 Å². The van der Waals surface area contributed by atoms with Crippen molar-refractivity contribution < 1.29 is 14.0 Å². The maximum atomic E-state index is 12.8. The molecule has 0 saturated carbocycles. The van der Waals surface area contributed by atoms with Crippen LogP contribution in [0.3, 0.4) is 0 Å². The smallest absolute Gasteiger partial charge is 0.287 e. The summed E-state index contributed by atoms with van der Waals surface area (Å²) in [5, 5.41) is 11.1. The summed E-state index contributed by atoms with van der Waals surface area (Å²) in [6, 6.07) is 11.2. The number of aromatic nitrogens is 1. The van der Waals surface area contributed by atoms with E-state index in [2.05, 4.69) is 4.98 Å². The van der Waals surface area contributed by atoms with Crippen LogP contribution >= 0.6 is 7.37 Å². The zero-order chi connectivity index (χ0) is 13.9. The molecular formula is C12H11N2O4P. The molecule has 0 fully saturated rings. The summed E-state index contributed by atoms with van der Waals surface area (Å²) in [6.07, 6.45) is 1.07. The molecule has 0 unspecified atom stereocenters. The molecule has 98 valence electrons. The third-order valence-corrected chi connectivity index (χ3v) is 4.96. The van der Waals surface area contributed by atoms with Gasteiger partial charge in [-0.25, -0.2) is 4.98 Å². The molecule has 6 nitrogen and oxygen atoms in total. The van der Waals surface area contributed by atoms with Crippen molar-refractivity contribution in [2.24, 2.45) is 0 Å². The Morgan fingerprint density at radius 1 is 1.21 bits per heavy atom. The van der Waals surface area contributed by atoms with Gasteiger partial charge >= 0.3 is 0 Å². The van der Waals surface area contributed by atoms with Crippen LogP contribution in [0.5, 0.6) is 0 Å². The lowest BCUT2D eigenvalue weighted by Gasteiger charge is -2.15. The van der Waals surface area contributed by atoms with Gasteiger partial charge in [-0.05, 0) is 18.2 Å². The molecule has 1 aromatic carbocycles. The van der Waals surface area contributed by atoms with Gasteiger partial charge in [0.2, 0.25) is 0 Å². The summed E-state index contributed by atoms with van der Waals surface area (Å²) in [5.74, 6) is 0. The Bertz CT molecular complexity index is 628. The van der Waals surface area contributed by atoms with E-state index in [1.165, 1.54) is 19.2 Å². The Balaban J connectivity index is 2.48. The monoisotopic (exact) mass is 278 g/mol. The van der Waals surface area contributed by atoms with Crippen LogP contribution in [-0.2, 0) is 9.09 Å². The Morgan fingerprint density at radius 3 is 2.37 bits per heavy atom. The van der Waals surface area contributed by atoms with Gasteiger partial charge in [0.1, 0.15) is 11.6 Å². The van der Waals surface area contributed by atoms with E-state index in [1.807, 2.05) is 0 Å². The molecule has 0 amide bonds. The van der Waals surface area contributed by atoms with Crippen molar-refractivity contribution in [3.05, 3.63) is 58.8 Å². The molecule has 0 aliphatic carbocycles. The highest BCUT2D eigenvalue weighted by Gasteiger charge is 2.29. The first-order valence-electron chi connectivity index (χ1n) is 5.40. The summed E-state index contributed by atoms with van der Waals surface area (Å²) in [6.45, 7) is 0. The third kappa shape index (κ3) is 2.54. The summed E-state index contributed by atoms with van der Waals surface area (Å²) in [5.41, 5.74) is 0.0336. The minimum atomic E-state index is -3.29. The zero-order valence-electron chi connectivity index (χ0n) is 10.1. The average molecular weight is 278 g/mol. The van der Waals surface area contributed by atoms with E-state index in [4.69, 9.17) is 4.52 Å². The summed E-state index contributed by atoms with van der Waals surface area (Å²) in [7, 11) is -1.96. The lowest BCUT2D eigenvalue weighted by atomic mass is 10.4. The van der Waals surface area contributed by atoms with Crippen molar-refractivity contribution in [1.82, 2.24) is 4.98 Å². The first-order valence-corrected chi connectivity index (χ1v) is 7.03. The molecule has 0 aliphatic heterocycles. The minimum absolute atomic E-state index is 0.153. The summed E-state index contributed by atoms with van der Waals surface area (Å²) in [4.78, 5) is 13.9. The second-order valence-corrected chi connectivity index (χ2v) is 6.14. The molecule has 0 N–H and O–H groups in total. The molecule has 2 aromatic rings. The number of nitrogens with zero attached hydrogens (tertiary/aromatic N) is 2. The van der Waals surface area contributed by atoms with Gasteiger partial charge in [-0.15, -0.1) is 0 Å². The number of benzene rings is 1. The lowest BCUT2D eigenvalue weighted by Crippen LogP contribution is -2.19. The van der Waals surface area contributed by atoms with E-state index < -0.39 is 12.3 Å². The molecule has 1 atom stereocenters. The molecule has 19 heavy (non-hydrogen) atoms. The highest BCUT2D eigenvalue weighted by atomic mass is 31.2. The molecule has 1 aromatic heterocycles. The van der Waals surface area contributed by atoms with Crippen LogP contribution in [0.15, 0.2) is 48.7 Å². The van der Waals surface area contributed by atoms with Gasteiger partial charge in [0.05, 0.1) is 4.92 Å². The highest BCUT2D eigenvalue weighted by Crippen LogP contribution is 2.42. The molecule has 0 radical (unpaired) electrons. The fourth-order valence-corrected chi connectivity index (χ4v) is 3.32. The molecule has 7 heteroatoms. The fraction of sp³-hybridized carbons (Fsp3) is 0.0833. The molecule has 1 heterocycles. The number of hydrogen-bond donors (Lipinski definition) is 0. The van der Waals surface area contributed by atoms with Gasteiger partial charge in [0, 0.05) is 18.5 Å². The molecule has 2 rings (SSSR count). The van der Waals surface area contributed by atoms with Crippen molar-refractivity contribution >= 4 is 23.8 Å². The van der Waals surface area contributed by atoms with E-state index in [1.54, 1.807) is 30.3 Å². The van der Waals surface area contributed by atoms with Crippen molar-refractivity contribution in [3.8, 4) is 0 Å². The van der Waals surface area contributed by atoms with E-state index >= 15 is 0 Å². The Morgan fingerprint density at radius 2 is 1.89 bits per heavy atom. The summed E-state index contributed by atoms with van der Waals surface area (Å²) < 4.78 is 17.9. The van der Waals surface area contributed by atoms with Crippen LogP contribution in [0, 0.1) is 10.1 Å². The first kappa shape index (κ1) is 13.4. The van der Waals surface area contributed by atoms with Crippen molar-refractivity contribution in [2.45, 2.75) is 0 Å². The second kappa shape index (κ2) is 5.30. The van der Waals surface area contributed by atoms with E-state index in [0.29, 0.717) is 5.30 Å². The second-order valence-electron chi connectivity index (χ2n) is 3.70. The number of nitro groups is 1. The van der Waals surface area contributed by atoms with Crippen molar-refractivity contribution in [3.63, 3.8) is 0 Å². The Labute approximate surface area is 109 Å². The summed E-state index contributed by atoms with van der Waals surface area (Å²) >= 11 is 0. The standard InChI is InChI=1S/C12H11N2O4P/c1-18-19(17,11-5-3-2-4-6-11)12-8-7-10(9-13-12)14(15)16/h2-9H,1H3/t19-/m1/s1. The third-order valence-electron chi connectivity index (χ3n) is 2.60. The SMILES string of the molecule is CO[P@](=O)(c1ccccc1)c1ccc([N+](=O)[O-])cn1. The fourth-order valence-electron chi connectivity index (χ4n) is 1.62. The molecule has 0 spiro atoms. The van der Waals surface area contributed by atoms with E-state index in [-0.39, 0.29) is 11.1 Å². The van der Waals surface area contributed by atoms with Crippen LogP contribution < -0.4 is 10.7 Å². The van der Waals surface area contributed by atoms with Gasteiger partial charge in [-0.3, -0.25) is 14.7 Å². The van der Waals surface area contributed by atoms with Crippen LogP contribution in [0.25, 0.3) is 0 Å². The minimum Gasteiger partial charge on any atom is -0.324 e. The normalized spacial score (nSPS) is 13.7. The Hall–Kier alpha value is -2.04. The lowest BCUT2D eigenvalue weighted by molar-refractivity contribution is -0.385. The van der Waals surface area contributed by atoms with Crippen molar-refractivity contribution in [1.29, 1.82) is 0 Å². The van der Waals surface area contributed by atoms with Gasteiger partial charge in [-0.2, -0.15) is 0 Å². The number of hydrogen-bond acceptors (Lipinski definition) is 5. The van der Waals surface area contributed by atoms with Gasteiger partial charge in [0.25, 0.3) is 13.1 Å². The Kier molecular flexibility index (Phi) is 3.74. The van der Waals surface area contributed by atoms with Gasteiger partial charge < -0.3 is 4.52 Å². The molecule has 0 bridgehead atoms. The highest BCUT2D eigenvalue weighted by molar-refractivity contribution is 7.74. The molecular weight excluding hydrogens is 267 g/mol. The van der Waals surface area contributed by atoms with Gasteiger partial charge in [0.15, 0.2) is 0 Å². The number of pyridine rings is 1. The average Bonchev–Trinajstić information content (AvgIpc) is 2.47. The predicted octanol–water partition coefficient (Wildman–Crippen LogP) is 1.87. The maximum Gasteiger partial charge on any atom is 0.287 e. The van der Waals surface area contributed by atoms with Gasteiger partial charge in [-0.1, -0.05) is 18.2 Å². The topological polar surface area (TPSA) is 82.3 Å². The van der Waals surface area contributed by atoms with Crippen LogP contribution in [0.1, 0.15) is 0 Å². The first-order chi connectivity index (χ1) is 9.08. The number of rotatable bonds is 4.